The third-order valence-corrected chi connectivity index (χ3v) is 9.58. The van der Waals surface area contributed by atoms with Gasteiger partial charge in [0.05, 0.1) is 23.2 Å². The Morgan fingerprint density at radius 3 is 1.83 bits per heavy atom. The molecule has 0 saturated heterocycles. The lowest BCUT2D eigenvalue weighted by Gasteiger charge is -2.21. The van der Waals surface area contributed by atoms with Crippen LogP contribution in [0.15, 0.2) is 134 Å². The van der Waals surface area contributed by atoms with Crippen molar-refractivity contribution in [1.29, 1.82) is 0 Å². The van der Waals surface area contributed by atoms with Crippen molar-refractivity contribution in [2.75, 3.05) is 10.6 Å². The van der Waals surface area contributed by atoms with Gasteiger partial charge >= 0.3 is 18.3 Å². The van der Waals surface area contributed by atoms with Gasteiger partial charge in [-0.15, -0.1) is 0 Å². The smallest absolute Gasteiger partial charge is 0.416 e. The van der Waals surface area contributed by atoms with Crippen LogP contribution in [0, 0.1) is 12.7 Å². The number of hydrogen-bond acceptors (Lipinski definition) is 5. The zero-order valence-electron chi connectivity index (χ0n) is 30.1. The van der Waals surface area contributed by atoms with Crippen LogP contribution in [0.5, 0.6) is 0 Å². The molecule has 302 valence electrons. The number of carbonyl (C=O) groups is 3. The summed E-state index contributed by atoms with van der Waals surface area (Å²) in [5.41, 5.74) is 1.60. The lowest BCUT2D eigenvalue weighted by Crippen LogP contribution is -2.27. The fourth-order valence-corrected chi connectivity index (χ4v) is 5.62. The number of para-hydroxylation sites is 1. The van der Waals surface area contributed by atoms with Crippen LogP contribution in [-0.4, -0.2) is 27.2 Å². The van der Waals surface area contributed by atoms with Crippen molar-refractivity contribution < 1.29 is 50.2 Å². The number of fused-ring (bicyclic) bond motifs is 1. The van der Waals surface area contributed by atoms with E-state index in [2.05, 4.69) is 31.5 Å². The molecule has 7 nitrogen and oxygen atoms in total. The summed E-state index contributed by atoms with van der Waals surface area (Å²) in [6.07, 6.45) is -5.53. The molecule has 0 aliphatic rings. The maximum absolute atomic E-state index is 14.2. The summed E-state index contributed by atoms with van der Waals surface area (Å²) >= 11 is 8.15. The van der Waals surface area contributed by atoms with E-state index >= 15 is 0 Å². The topological polar surface area (TPSA) is 108 Å². The molecule has 2 unspecified atom stereocenters. The van der Waals surface area contributed by atoms with E-state index in [1.54, 1.807) is 36.7 Å². The SMILES string of the molecule is Cc1ccc(CC(=O)O)cc1.O=C(Cl)C(Br)c1ccc(C(F)(F)F)cc1.O=C(Nc1cccc2cnccc12)C(Nc1ccccc1F)c1ccc(C(F)(F)F)cc1. The molecule has 0 bridgehead atoms. The molecule has 0 aliphatic heterocycles. The number of aromatic nitrogens is 1. The number of aryl methyl sites for hydroxylation is 1. The number of halogens is 9. The third-order valence-electron chi connectivity index (χ3n) is 8.15. The van der Waals surface area contributed by atoms with Crippen molar-refractivity contribution in [2.24, 2.45) is 0 Å². The van der Waals surface area contributed by atoms with Crippen molar-refractivity contribution >= 4 is 66.8 Å². The number of hydrogen-bond donors (Lipinski definition) is 3. The molecule has 16 heteroatoms. The Labute approximate surface area is 341 Å². The van der Waals surface area contributed by atoms with Gasteiger partial charge in [0.2, 0.25) is 5.24 Å². The van der Waals surface area contributed by atoms with Crippen LogP contribution in [0.25, 0.3) is 10.8 Å². The standard InChI is InChI=1S/C24H17F4N3O.C9H5BrClF3O.C9H10O2/c25-19-5-1-2-6-21(19)30-22(15-8-10-17(11-9-15)24(26,27)28)23(32)31-20-7-3-4-16-14-29-13-12-18(16)20;10-7(8(11)15)5-1-3-6(4-2-5)9(12,13)14;1-7-2-4-8(5-3-7)6-9(10)11/h1-14,22,30H,(H,31,32);1-4,7H;2-5H,6H2,1H3,(H,10,11). The zero-order chi connectivity index (χ0) is 42.6. The highest BCUT2D eigenvalue weighted by Crippen LogP contribution is 2.33. The number of carbonyl (C=O) groups excluding carboxylic acids is 2. The van der Waals surface area contributed by atoms with E-state index in [-0.39, 0.29) is 17.7 Å². The molecule has 0 spiro atoms. The number of alkyl halides is 7. The molecule has 3 N–H and O–H groups in total. The summed E-state index contributed by atoms with van der Waals surface area (Å²) in [5.74, 6) is -1.93. The molecular formula is C42H32BrClF7N3O4. The minimum atomic E-state index is -4.51. The number of carboxylic acid groups (broad SMARTS) is 1. The molecule has 0 radical (unpaired) electrons. The van der Waals surface area contributed by atoms with Crippen LogP contribution in [0.3, 0.4) is 0 Å². The van der Waals surface area contributed by atoms with Crippen molar-refractivity contribution in [3.8, 4) is 0 Å². The second-order valence-electron chi connectivity index (χ2n) is 12.4. The number of rotatable bonds is 9. The van der Waals surface area contributed by atoms with Crippen molar-refractivity contribution in [3.05, 3.63) is 173 Å². The molecule has 1 amide bonds. The summed E-state index contributed by atoms with van der Waals surface area (Å²) in [6, 6.07) is 27.6. The molecule has 1 aromatic heterocycles. The van der Waals surface area contributed by atoms with Gasteiger partial charge in [0, 0.05) is 28.9 Å². The molecule has 6 rings (SSSR count). The summed E-state index contributed by atoms with van der Waals surface area (Å²) in [7, 11) is 0. The fourth-order valence-electron chi connectivity index (χ4n) is 5.19. The van der Waals surface area contributed by atoms with E-state index in [1.165, 1.54) is 42.5 Å². The second kappa shape index (κ2) is 20.1. The van der Waals surface area contributed by atoms with Gasteiger partial charge in [-0.3, -0.25) is 19.4 Å². The van der Waals surface area contributed by atoms with E-state index in [0.717, 1.165) is 46.2 Å². The van der Waals surface area contributed by atoms with Gasteiger partial charge in [-0.25, -0.2) is 4.39 Å². The van der Waals surface area contributed by atoms with Crippen LogP contribution in [0.1, 0.15) is 44.2 Å². The Hall–Kier alpha value is -5.80. The highest BCUT2D eigenvalue weighted by Gasteiger charge is 2.32. The lowest BCUT2D eigenvalue weighted by molar-refractivity contribution is -0.138. The monoisotopic (exact) mass is 889 g/mol. The number of carboxylic acids is 1. The van der Waals surface area contributed by atoms with Crippen LogP contribution >= 0.6 is 27.5 Å². The van der Waals surface area contributed by atoms with Crippen molar-refractivity contribution in [2.45, 2.75) is 36.6 Å². The molecular weight excluding hydrogens is 859 g/mol. The molecule has 6 aromatic rings. The average molecular weight is 891 g/mol. The molecule has 1 heterocycles. The van der Waals surface area contributed by atoms with Crippen LogP contribution < -0.4 is 10.6 Å². The largest absolute Gasteiger partial charge is 0.481 e. The van der Waals surface area contributed by atoms with Crippen LogP contribution in [-0.2, 0) is 33.2 Å². The second-order valence-corrected chi connectivity index (χ2v) is 13.7. The predicted molar refractivity (Wildman–Crippen MR) is 211 cm³/mol. The number of benzene rings is 5. The minimum Gasteiger partial charge on any atom is -0.481 e. The Morgan fingerprint density at radius 1 is 0.741 bits per heavy atom. The number of amides is 1. The summed E-state index contributed by atoms with van der Waals surface area (Å²) in [4.78, 5) is 37.5. The van der Waals surface area contributed by atoms with Gasteiger partial charge in [-0.1, -0.05) is 94.3 Å². The number of anilines is 2. The van der Waals surface area contributed by atoms with Gasteiger partial charge < -0.3 is 15.7 Å². The summed E-state index contributed by atoms with van der Waals surface area (Å²) < 4.78 is 89.7. The van der Waals surface area contributed by atoms with E-state index < -0.39 is 57.3 Å². The summed E-state index contributed by atoms with van der Waals surface area (Å²) in [5, 5.41) is 14.9. The maximum Gasteiger partial charge on any atom is 0.416 e. The van der Waals surface area contributed by atoms with Crippen molar-refractivity contribution in [1.82, 2.24) is 4.98 Å². The lowest BCUT2D eigenvalue weighted by atomic mass is 10.0. The molecule has 58 heavy (non-hydrogen) atoms. The number of nitrogens with one attached hydrogen (secondary N) is 2. The Bertz CT molecular complexity index is 2320. The highest BCUT2D eigenvalue weighted by molar-refractivity contribution is 9.09. The molecule has 0 aliphatic carbocycles. The van der Waals surface area contributed by atoms with Crippen molar-refractivity contribution in [3.63, 3.8) is 0 Å². The first kappa shape index (κ1) is 44.9. The van der Waals surface area contributed by atoms with Gasteiger partial charge in [0.1, 0.15) is 16.7 Å². The molecule has 0 fully saturated rings. The Morgan fingerprint density at radius 2 is 1.29 bits per heavy atom. The molecule has 0 saturated carbocycles. The van der Waals surface area contributed by atoms with Crippen LogP contribution in [0.4, 0.5) is 42.1 Å². The third kappa shape index (κ3) is 13.1. The Balaban J connectivity index is 0.000000235. The van der Waals surface area contributed by atoms with E-state index in [1.807, 2.05) is 37.3 Å². The number of nitrogens with zero attached hydrogens (tertiary/aromatic N) is 1. The van der Waals surface area contributed by atoms with E-state index in [4.69, 9.17) is 16.7 Å². The highest BCUT2D eigenvalue weighted by atomic mass is 79.9. The molecule has 5 aromatic carbocycles. The average Bonchev–Trinajstić information content (AvgIpc) is 3.18. The minimum absolute atomic E-state index is 0.0506. The van der Waals surface area contributed by atoms with Crippen LogP contribution in [0.2, 0.25) is 0 Å². The van der Waals surface area contributed by atoms with Gasteiger partial charge in [0.25, 0.3) is 5.91 Å². The quantitative estimate of drug-likeness (QED) is 0.0758. The van der Waals surface area contributed by atoms with E-state index in [0.29, 0.717) is 11.3 Å². The first-order valence-corrected chi connectivity index (χ1v) is 18.2. The van der Waals surface area contributed by atoms with Gasteiger partial charge in [-0.2, -0.15) is 26.3 Å². The summed E-state index contributed by atoms with van der Waals surface area (Å²) in [6.45, 7) is 1.98. The first-order valence-electron chi connectivity index (χ1n) is 16.9. The molecule has 2 atom stereocenters. The predicted octanol–water partition coefficient (Wildman–Crippen LogP) is 11.7. The first-order chi connectivity index (χ1) is 27.3. The number of pyridine rings is 1. The normalized spacial score (nSPS) is 12.2. The Kier molecular flexibility index (Phi) is 15.5. The van der Waals surface area contributed by atoms with E-state index in [9.17, 15) is 45.1 Å². The van der Waals surface area contributed by atoms with Gasteiger partial charge in [0.15, 0.2) is 0 Å². The maximum atomic E-state index is 14.2. The van der Waals surface area contributed by atoms with Gasteiger partial charge in [-0.05, 0) is 83.7 Å². The zero-order valence-corrected chi connectivity index (χ0v) is 32.4. The fraction of sp³-hybridized carbons (Fsp3) is 0.143. The number of aliphatic carboxylic acids is 1.